The van der Waals surface area contributed by atoms with E-state index in [2.05, 4.69) is 44.5 Å². The van der Waals surface area contributed by atoms with Gasteiger partial charge in [-0.15, -0.1) is 11.3 Å². The van der Waals surface area contributed by atoms with Crippen LogP contribution < -0.4 is 10.2 Å². The maximum Gasteiger partial charge on any atom is 0.234 e. The number of benzene rings is 1. The third-order valence-electron chi connectivity index (χ3n) is 3.96. The molecule has 0 radical (unpaired) electrons. The van der Waals surface area contributed by atoms with E-state index in [-0.39, 0.29) is 0 Å². The van der Waals surface area contributed by atoms with Crippen molar-refractivity contribution < 1.29 is 0 Å². The van der Waals surface area contributed by atoms with Gasteiger partial charge in [0, 0.05) is 43.2 Å². The van der Waals surface area contributed by atoms with Gasteiger partial charge < -0.3 is 10.2 Å². The van der Waals surface area contributed by atoms with Crippen molar-refractivity contribution in [3.63, 3.8) is 0 Å². The predicted molar refractivity (Wildman–Crippen MR) is 103 cm³/mol. The molecular formula is C18H18N6S. The van der Waals surface area contributed by atoms with E-state index in [1.807, 2.05) is 43.1 Å². The van der Waals surface area contributed by atoms with Gasteiger partial charge in [-0.05, 0) is 37.3 Å². The first-order valence-electron chi connectivity index (χ1n) is 7.92. The summed E-state index contributed by atoms with van der Waals surface area (Å²) in [6.07, 6.45) is 3.71. The Bertz CT molecular complexity index is 1020. The molecule has 3 heterocycles. The van der Waals surface area contributed by atoms with Crippen LogP contribution >= 0.6 is 11.3 Å². The highest BCUT2D eigenvalue weighted by Crippen LogP contribution is 2.29. The third kappa shape index (κ3) is 2.94. The van der Waals surface area contributed by atoms with Gasteiger partial charge in [-0.2, -0.15) is 0 Å². The molecule has 0 saturated heterocycles. The first-order valence-corrected chi connectivity index (χ1v) is 8.80. The van der Waals surface area contributed by atoms with E-state index in [0.29, 0.717) is 5.78 Å². The maximum atomic E-state index is 4.72. The van der Waals surface area contributed by atoms with Crippen molar-refractivity contribution in [1.29, 1.82) is 0 Å². The number of hydrogen-bond acceptors (Lipinski definition) is 6. The summed E-state index contributed by atoms with van der Waals surface area (Å²) in [6.45, 7) is 1.98. The molecule has 0 bridgehead atoms. The standard InChI is InChI=1S/C18H18N6S/c1-12-16(24-10-4-9-19-17(24)20-12)15-11-25-18(22-15)21-13-5-7-14(8-6-13)23(2)3/h4-11H,1-3H3,(H,21,22). The topological polar surface area (TPSA) is 58.4 Å². The Hall–Kier alpha value is -2.93. The van der Waals surface area contributed by atoms with Crippen molar-refractivity contribution in [1.82, 2.24) is 19.4 Å². The Morgan fingerprint density at radius 2 is 1.92 bits per heavy atom. The van der Waals surface area contributed by atoms with Crippen LogP contribution in [0.25, 0.3) is 17.2 Å². The van der Waals surface area contributed by atoms with Gasteiger partial charge in [0.1, 0.15) is 5.69 Å². The molecule has 0 unspecified atom stereocenters. The number of aryl methyl sites for hydroxylation is 1. The van der Waals surface area contributed by atoms with Crippen molar-refractivity contribution in [3.05, 3.63) is 53.8 Å². The monoisotopic (exact) mass is 350 g/mol. The second-order valence-electron chi connectivity index (χ2n) is 5.94. The molecule has 7 heteroatoms. The van der Waals surface area contributed by atoms with Gasteiger partial charge in [0.25, 0.3) is 0 Å². The number of imidazole rings is 1. The van der Waals surface area contributed by atoms with Gasteiger partial charge in [0.2, 0.25) is 5.78 Å². The van der Waals surface area contributed by atoms with Crippen molar-refractivity contribution >= 4 is 33.6 Å². The highest BCUT2D eigenvalue weighted by atomic mass is 32.1. The first kappa shape index (κ1) is 15.6. The second kappa shape index (κ2) is 6.18. The Kier molecular flexibility index (Phi) is 3.85. The molecule has 0 aliphatic rings. The molecule has 6 nitrogen and oxygen atoms in total. The number of nitrogens with zero attached hydrogens (tertiary/aromatic N) is 5. The minimum atomic E-state index is 0.691. The summed E-state index contributed by atoms with van der Waals surface area (Å²) in [5.41, 5.74) is 4.99. The molecule has 0 fully saturated rings. The van der Waals surface area contributed by atoms with Crippen LogP contribution in [0.1, 0.15) is 5.69 Å². The maximum absolute atomic E-state index is 4.72. The zero-order chi connectivity index (χ0) is 17.4. The Morgan fingerprint density at radius 3 is 2.68 bits per heavy atom. The lowest BCUT2D eigenvalue weighted by Crippen LogP contribution is -2.08. The van der Waals surface area contributed by atoms with E-state index >= 15 is 0 Å². The molecular weight excluding hydrogens is 332 g/mol. The summed E-state index contributed by atoms with van der Waals surface area (Å²) >= 11 is 1.58. The number of aromatic nitrogens is 4. The molecule has 0 spiro atoms. The molecule has 126 valence electrons. The third-order valence-corrected chi connectivity index (χ3v) is 4.72. The Morgan fingerprint density at radius 1 is 1.12 bits per heavy atom. The van der Waals surface area contributed by atoms with Gasteiger partial charge in [-0.3, -0.25) is 4.40 Å². The van der Waals surface area contributed by atoms with Crippen LogP contribution in [0.3, 0.4) is 0 Å². The molecule has 25 heavy (non-hydrogen) atoms. The summed E-state index contributed by atoms with van der Waals surface area (Å²) in [5.74, 6) is 0.691. The van der Waals surface area contributed by atoms with E-state index in [4.69, 9.17) is 4.98 Å². The van der Waals surface area contributed by atoms with Gasteiger partial charge >= 0.3 is 0 Å². The minimum Gasteiger partial charge on any atom is -0.378 e. The Balaban J connectivity index is 1.62. The van der Waals surface area contributed by atoms with Crippen LogP contribution in [0, 0.1) is 6.92 Å². The zero-order valence-electron chi connectivity index (χ0n) is 14.3. The Labute approximate surface area is 149 Å². The quantitative estimate of drug-likeness (QED) is 0.603. The van der Waals surface area contributed by atoms with Crippen LogP contribution in [0.15, 0.2) is 48.1 Å². The molecule has 1 aromatic carbocycles. The van der Waals surface area contributed by atoms with Gasteiger partial charge in [0.05, 0.1) is 11.4 Å². The number of rotatable bonds is 4. The van der Waals surface area contributed by atoms with Gasteiger partial charge in [-0.1, -0.05) is 0 Å². The SMILES string of the molecule is Cc1nc2ncccn2c1-c1csc(Nc2ccc(N(C)C)cc2)n1. The average Bonchev–Trinajstić information content (AvgIpc) is 3.18. The number of hydrogen-bond donors (Lipinski definition) is 1. The molecule has 0 aliphatic carbocycles. The summed E-state index contributed by atoms with van der Waals surface area (Å²) in [7, 11) is 4.06. The number of thiazole rings is 1. The van der Waals surface area contributed by atoms with E-state index in [9.17, 15) is 0 Å². The second-order valence-corrected chi connectivity index (χ2v) is 6.80. The molecule has 4 rings (SSSR count). The van der Waals surface area contributed by atoms with Crippen molar-refractivity contribution in [2.75, 3.05) is 24.3 Å². The van der Waals surface area contributed by atoms with Crippen LogP contribution in [-0.4, -0.2) is 33.4 Å². The summed E-state index contributed by atoms with van der Waals surface area (Å²) in [4.78, 5) is 15.6. The number of fused-ring (bicyclic) bond motifs is 1. The van der Waals surface area contributed by atoms with Gasteiger partial charge in [0.15, 0.2) is 5.13 Å². The molecule has 0 atom stereocenters. The van der Waals surface area contributed by atoms with E-state index in [1.54, 1.807) is 17.5 Å². The fraction of sp³-hybridized carbons (Fsp3) is 0.167. The smallest absolute Gasteiger partial charge is 0.234 e. The number of nitrogens with one attached hydrogen (secondary N) is 1. The lowest BCUT2D eigenvalue weighted by Gasteiger charge is -2.12. The van der Waals surface area contributed by atoms with E-state index in [0.717, 1.165) is 27.9 Å². The molecule has 0 aliphatic heterocycles. The highest BCUT2D eigenvalue weighted by Gasteiger charge is 2.14. The van der Waals surface area contributed by atoms with Crippen molar-refractivity contribution in [2.24, 2.45) is 0 Å². The van der Waals surface area contributed by atoms with Crippen LogP contribution in [0.2, 0.25) is 0 Å². The molecule has 0 saturated carbocycles. The zero-order valence-corrected chi connectivity index (χ0v) is 15.1. The first-order chi connectivity index (χ1) is 12.1. The largest absolute Gasteiger partial charge is 0.378 e. The highest BCUT2D eigenvalue weighted by molar-refractivity contribution is 7.14. The lowest BCUT2D eigenvalue weighted by molar-refractivity contribution is 1.11. The van der Waals surface area contributed by atoms with E-state index in [1.165, 1.54) is 5.69 Å². The predicted octanol–water partition coefficient (Wildman–Crippen LogP) is 3.97. The van der Waals surface area contributed by atoms with Crippen LogP contribution in [-0.2, 0) is 0 Å². The van der Waals surface area contributed by atoms with Crippen LogP contribution in [0.4, 0.5) is 16.5 Å². The van der Waals surface area contributed by atoms with Gasteiger partial charge in [-0.25, -0.2) is 15.0 Å². The summed E-state index contributed by atoms with van der Waals surface area (Å²) < 4.78 is 1.97. The molecule has 1 N–H and O–H groups in total. The lowest BCUT2D eigenvalue weighted by atomic mass is 10.2. The summed E-state index contributed by atoms with van der Waals surface area (Å²) in [6, 6.07) is 10.2. The fourth-order valence-corrected chi connectivity index (χ4v) is 3.43. The van der Waals surface area contributed by atoms with Crippen molar-refractivity contribution in [2.45, 2.75) is 6.92 Å². The van der Waals surface area contributed by atoms with Crippen LogP contribution in [0.5, 0.6) is 0 Å². The van der Waals surface area contributed by atoms with Crippen molar-refractivity contribution in [3.8, 4) is 11.4 Å². The van der Waals surface area contributed by atoms with E-state index < -0.39 is 0 Å². The minimum absolute atomic E-state index is 0.691. The fourth-order valence-electron chi connectivity index (χ4n) is 2.71. The molecule has 3 aromatic heterocycles. The molecule has 4 aromatic rings. The number of anilines is 3. The average molecular weight is 350 g/mol. The molecule has 0 amide bonds. The summed E-state index contributed by atoms with van der Waals surface area (Å²) in [5, 5.41) is 6.26. The normalized spacial score (nSPS) is 11.0.